The number of carbonyl (C=O) groups excluding carboxylic acids is 1. The Labute approximate surface area is 106 Å². The lowest BCUT2D eigenvalue weighted by atomic mass is 10.2. The maximum absolute atomic E-state index is 11.6. The van der Waals surface area contributed by atoms with Crippen LogP contribution in [0.3, 0.4) is 0 Å². The van der Waals surface area contributed by atoms with Crippen LogP contribution in [0.15, 0.2) is 24.3 Å². The highest BCUT2D eigenvalue weighted by atomic mass is 35.5. The summed E-state index contributed by atoms with van der Waals surface area (Å²) in [5, 5.41) is 0.687. The van der Waals surface area contributed by atoms with Crippen molar-refractivity contribution in [3.05, 3.63) is 34.9 Å². The molecule has 0 radical (unpaired) electrons. The molecule has 4 heteroatoms. The topological polar surface area (TPSA) is 20.3 Å². The fourth-order valence-electron chi connectivity index (χ4n) is 1.50. The predicted octanol–water partition coefficient (Wildman–Crippen LogP) is 3.32. The lowest BCUT2D eigenvalue weighted by Crippen LogP contribution is -2.32. The third-order valence-electron chi connectivity index (χ3n) is 2.22. The zero-order valence-corrected chi connectivity index (χ0v) is 10.8. The zero-order valence-electron chi connectivity index (χ0n) is 9.25. The number of nitrogens with zero attached hydrogens (tertiary/aromatic N) is 1. The molecular weight excluding hydrogens is 245 g/mol. The lowest BCUT2D eigenvalue weighted by molar-refractivity contribution is -0.129. The third-order valence-corrected chi connectivity index (χ3v) is 2.69. The second-order valence-corrected chi connectivity index (χ2v) is 4.28. The molecule has 88 valence electrons. The van der Waals surface area contributed by atoms with Gasteiger partial charge in [0, 0.05) is 18.1 Å². The fraction of sp³-hybridized carbons (Fsp3) is 0.417. The van der Waals surface area contributed by atoms with Gasteiger partial charge in [-0.2, -0.15) is 0 Å². The molecule has 16 heavy (non-hydrogen) atoms. The number of rotatable bonds is 5. The number of carbonyl (C=O) groups is 1. The van der Waals surface area contributed by atoms with E-state index in [1.807, 2.05) is 31.2 Å². The smallest absolute Gasteiger partial charge is 0.237 e. The van der Waals surface area contributed by atoms with Gasteiger partial charge in [-0.05, 0) is 24.1 Å². The summed E-state index contributed by atoms with van der Waals surface area (Å²) in [6, 6.07) is 7.52. The van der Waals surface area contributed by atoms with E-state index in [0.29, 0.717) is 11.6 Å². The highest BCUT2D eigenvalue weighted by Crippen LogP contribution is 2.13. The van der Waals surface area contributed by atoms with Crippen LogP contribution < -0.4 is 0 Å². The first-order chi connectivity index (χ1) is 7.67. The zero-order chi connectivity index (χ0) is 12.0. The standard InChI is InChI=1S/C12H15Cl2NO/c1-2-6-15(12(16)8-13)9-10-4-3-5-11(14)7-10/h3-5,7H,2,6,8-9H2,1H3. The van der Waals surface area contributed by atoms with E-state index < -0.39 is 0 Å². The first-order valence-corrected chi connectivity index (χ1v) is 6.16. The van der Waals surface area contributed by atoms with Gasteiger partial charge >= 0.3 is 0 Å². The van der Waals surface area contributed by atoms with E-state index in [0.717, 1.165) is 18.5 Å². The maximum Gasteiger partial charge on any atom is 0.237 e. The molecule has 0 unspecified atom stereocenters. The van der Waals surface area contributed by atoms with Crippen LogP contribution in [0.25, 0.3) is 0 Å². The van der Waals surface area contributed by atoms with Crippen LogP contribution in [0.1, 0.15) is 18.9 Å². The van der Waals surface area contributed by atoms with E-state index in [1.165, 1.54) is 0 Å². The summed E-state index contributed by atoms with van der Waals surface area (Å²) in [5.41, 5.74) is 1.03. The lowest BCUT2D eigenvalue weighted by Gasteiger charge is -2.21. The SMILES string of the molecule is CCCN(Cc1cccc(Cl)c1)C(=O)CCl. The maximum atomic E-state index is 11.6. The van der Waals surface area contributed by atoms with Gasteiger partial charge in [0.1, 0.15) is 5.88 Å². The molecule has 0 atom stereocenters. The Morgan fingerprint density at radius 2 is 2.19 bits per heavy atom. The molecule has 0 aromatic heterocycles. The summed E-state index contributed by atoms with van der Waals surface area (Å²) >= 11 is 11.5. The molecule has 0 saturated heterocycles. The molecule has 1 aromatic carbocycles. The van der Waals surface area contributed by atoms with Crippen molar-refractivity contribution in [3.63, 3.8) is 0 Å². The minimum atomic E-state index is -0.0384. The van der Waals surface area contributed by atoms with Crippen molar-refractivity contribution in [2.24, 2.45) is 0 Å². The molecular formula is C12H15Cl2NO. The molecule has 0 aliphatic heterocycles. The van der Waals surface area contributed by atoms with E-state index in [9.17, 15) is 4.79 Å². The van der Waals surface area contributed by atoms with Crippen molar-refractivity contribution in [2.45, 2.75) is 19.9 Å². The number of hydrogen-bond acceptors (Lipinski definition) is 1. The summed E-state index contributed by atoms with van der Waals surface area (Å²) in [4.78, 5) is 13.3. The molecule has 0 heterocycles. The second kappa shape index (κ2) is 6.77. The van der Waals surface area contributed by atoms with Gasteiger partial charge in [0.2, 0.25) is 5.91 Å². The fourth-order valence-corrected chi connectivity index (χ4v) is 1.88. The number of hydrogen-bond donors (Lipinski definition) is 0. The van der Waals surface area contributed by atoms with E-state index in [-0.39, 0.29) is 11.8 Å². The Morgan fingerprint density at radius 3 is 2.75 bits per heavy atom. The molecule has 1 aromatic rings. The van der Waals surface area contributed by atoms with Crippen LogP contribution >= 0.6 is 23.2 Å². The van der Waals surface area contributed by atoms with Crippen molar-refractivity contribution in [2.75, 3.05) is 12.4 Å². The van der Waals surface area contributed by atoms with Crippen LogP contribution in [0.2, 0.25) is 5.02 Å². The third kappa shape index (κ3) is 4.03. The van der Waals surface area contributed by atoms with E-state index >= 15 is 0 Å². The van der Waals surface area contributed by atoms with Crippen molar-refractivity contribution in [1.82, 2.24) is 4.90 Å². The van der Waals surface area contributed by atoms with E-state index in [1.54, 1.807) is 4.90 Å². The molecule has 1 rings (SSSR count). The largest absolute Gasteiger partial charge is 0.337 e. The molecule has 0 fully saturated rings. The van der Waals surface area contributed by atoms with E-state index in [2.05, 4.69) is 0 Å². The van der Waals surface area contributed by atoms with Gasteiger partial charge in [0.25, 0.3) is 0 Å². The highest BCUT2D eigenvalue weighted by Gasteiger charge is 2.11. The predicted molar refractivity (Wildman–Crippen MR) is 67.9 cm³/mol. The van der Waals surface area contributed by atoms with Gasteiger partial charge in [-0.25, -0.2) is 0 Å². The van der Waals surface area contributed by atoms with Crippen molar-refractivity contribution >= 4 is 29.1 Å². The average Bonchev–Trinajstić information content (AvgIpc) is 2.27. The molecule has 2 nitrogen and oxygen atoms in total. The molecule has 0 bridgehead atoms. The van der Waals surface area contributed by atoms with Crippen LogP contribution in [0, 0.1) is 0 Å². The van der Waals surface area contributed by atoms with Gasteiger partial charge in [0.05, 0.1) is 0 Å². The van der Waals surface area contributed by atoms with E-state index in [4.69, 9.17) is 23.2 Å². The molecule has 1 amide bonds. The van der Waals surface area contributed by atoms with Gasteiger partial charge in [0.15, 0.2) is 0 Å². The number of alkyl halides is 1. The molecule has 0 spiro atoms. The van der Waals surface area contributed by atoms with Crippen molar-refractivity contribution < 1.29 is 4.79 Å². The van der Waals surface area contributed by atoms with Crippen LogP contribution in [-0.4, -0.2) is 23.2 Å². The molecule has 0 aliphatic carbocycles. The first kappa shape index (κ1) is 13.3. The van der Waals surface area contributed by atoms with Crippen molar-refractivity contribution in [3.8, 4) is 0 Å². The van der Waals surface area contributed by atoms with Gasteiger partial charge < -0.3 is 4.90 Å². The summed E-state index contributed by atoms with van der Waals surface area (Å²) < 4.78 is 0. The average molecular weight is 260 g/mol. The summed E-state index contributed by atoms with van der Waals surface area (Å²) in [6.07, 6.45) is 0.920. The molecule has 0 saturated carbocycles. The summed E-state index contributed by atoms with van der Waals surface area (Å²) in [7, 11) is 0. The Bertz CT molecular complexity index is 355. The molecule has 0 N–H and O–H groups in total. The van der Waals surface area contributed by atoms with Crippen LogP contribution in [0.4, 0.5) is 0 Å². The van der Waals surface area contributed by atoms with Gasteiger partial charge in [-0.15, -0.1) is 11.6 Å². The van der Waals surface area contributed by atoms with Crippen LogP contribution in [-0.2, 0) is 11.3 Å². The monoisotopic (exact) mass is 259 g/mol. The van der Waals surface area contributed by atoms with Gasteiger partial charge in [-0.1, -0.05) is 30.7 Å². The number of benzene rings is 1. The first-order valence-electron chi connectivity index (χ1n) is 5.25. The van der Waals surface area contributed by atoms with Crippen molar-refractivity contribution in [1.29, 1.82) is 0 Å². The van der Waals surface area contributed by atoms with Crippen LogP contribution in [0.5, 0.6) is 0 Å². The summed E-state index contributed by atoms with van der Waals surface area (Å²) in [5.74, 6) is -0.0101. The number of halogens is 2. The Balaban J connectivity index is 2.71. The molecule has 0 aliphatic rings. The number of amides is 1. The quantitative estimate of drug-likeness (QED) is 0.744. The normalized spacial score (nSPS) is 10.2. The Kier molecular flexibility index (Phi) is 5.64. The second-order valence-electron chi connectivity index (χ2n) is 3.58. The summed E-state index contributed by atoms with van der Waals surface area (Å²) in [6.45, 7) is 3.32. The minimum Gasteiger partial charge on any atom is -0.337 e. The Morgan fingerprint density at radius 1 is 1.44 bits per heavy atom. The highest BCUT2D eigenvalue weighted by molar-refractivity contribution is 6.30. The Hall–Kier alpha value is -0.730. The minimum absolute atomic E-state index is 0.0283. The van der Waals surface area contributed by atoms with Gasteiger partial charge in [-0.3, -0.25) is 4.79 Å².